The summed E-state index contributed by atoms with van der Waals surface area (Å²) in [4.78, 5) is 32.6. The monoisotopic (exact) mass is 216 g/mol. The summed E-state index contributed by atoms with van der Waals surface area (Å²) in [7, 11) is 0. The molecule has 0 radical (unpaired) electrons. The normalized spacial score (nSPS) is 11.7. The van der Waals surface area contributed by atoms with Crippen LogP contribution in [-0.4, -0.2) is 30.4 Å². The van der Waals surface area contributed by atoms with Crippen LogP contribution in [0.5, 0.6) is 0 Å². The summed E-state index contributed by atoms with van der Waals surface area (Å²) < 4.78 is 4.38. The Kier molecular flexibility index (Phi) is 6.28. The maximum absolute atomic E-state index is 11.3. The smallest absolute Gasteiger partial charge is 0.336 e. The van der Waals surface area contributed by atoms with Gasteiger partial charge in [-0.05, 0) is 19.4 Å². The van der Waals surface area contributed by atoms with Gasteiger partial charge in [-0.25, -0.2) is 4.79 Å². The van der Waals surface area contributed by atoms with Crippen molar-refractivity contribution in [3.63, 3.8) is 0 Å². The second kappa shape index (κ2) is 6.94. The molecule has 0 spiro atoms. The number of carbonyl (C=O) groups is 3. The van der Waals surface area contributed by atoms with Crippen LogP contribution >= 0.6 is 0 Å². The molecule has 0 aromatic carbocycles. The van der Waals surface area contributed by atoms with E-state index in [9.17, 15) is 14.4 Å². The Labute approximate surface area is 88.1 Å². The minimum atomic E-state index is -0.796. The van der Waals surface area contributed by atoms with Gasteiger partial charge in [-0.1, -0.05) is 0 Å². The molecule has 0 aromatic heterocycles. The summed E-state index contributed by atoms with van der Waals surface area (Å²) in [6, 6.07) is -0.796. The molecule has 86 valence electrons. The number of nitrogens with one attached hydrogen (secondary N) is 1. The lowest BCUT2D eigenvalue weighted by Crippen LogP contribution is -2.41. The van der Waals surface area contributed by atoms with Gasteiger partial charge in [-0.3, -0.25) is 9.59 Å². The number of nitrogens with two attached hydrogens (primary N) is 1. The molecule has 0 saturated carbocycles. The highest BCUT2D eigenvalue weighted by molar-refractivity contribution is 5.90. The Morgan fingerprint density at radius 3 is 2.33 bits per heavy atom. The van der Waals surface area contributed by atoms with Crippen LogP contribution in [0, 0.1) is 0 Å². The number of amides is 1. The maximum atomic E-state index is 11.3. The second-order valence-electron chi connectivity index (χ2n) is 3.10. The molecule has 0 aromatic rings. The Morgan fingerprint density at radius 2 is 1.93 bits per heavy atom. The SMILES string of the molecule is CC(=O)N[C@H](CCCN)C(=O)OC(C)=O. The standard InChI is InChI=1S/C9H16N2O4/c1-6(12)11-8(4-3-5-10)9(14)15-7(2)13/h8H,3-5,10H2,1-2H3,(H,11,12)/t8-/m1/s1. The first kappa shape index (κ1) is 13.6. The number of hydrogen-bond acceptors (Lipinski definition) is 5. The minimum absolute atomic E-state index is 0.350. The molecule has 0 saturated heterocycles. The van der Waals surface area contributed by atoms with Gasteiger partial charge in [0.15, 0.2) is 0 Å². The Balaban J connectivity index is 4.26. The molecule has 6 nitrogen and oxygen atoms in total. The van der Waals surface area contributed by atoms with Crippen LogP contribution in [0.25, 0.3) is 0 Å². The van der Waals surface area contributed by atoms with Crippen LogP contribution in [0.3, 0.4) is 0 Å². The van der Waals surface area contributed by atoms with Crippen molar-refractivity contribution in [2.75, 3.05) is 6.54 Å². The summed E-state index contributed by atoms with van der Waals surface area (Å²) in [6.07, 6.45) is 0.931. The van der Waals surface area contributed by atoms with Crippen LogP contribution in [0.4, 0.5) is 0 Å². The average molecular weight is 216 g/mol. The first-order chi connectivity index (χ1) is 6.97. The second-order valence-corrected chi connectivity index (χ2v) is 3.10. The van der Waals surface area contributed by atoms with Crippen molar-refractivity contribution < 1.29 is 19.1 Å². The van der Waals surface area contributed by atoms with E-state index >= 15 is 0 Å². The molecule has 0 unspecified atom stereocenters. The molecular weight excluding hydrogens is 200 g/mol. The van der Waals surface area contributed by atoms with Crippen molar-refractivity contribution in [1.82, 2.24) is 5.32 Å². The third kappa shape index (κ3) is 6.62. The highest BCUT2D eigenvalue weighted by Gasteiger charge is 2.21. The summed E-state index contributed by atoms with van der Waals surface area (Å²) >= 11 is 0. The number of hydrogen-bond donors (Lipinski definition) is 2. The predicted molar refractivity (Wildman–Crippen MR) is 52.7 cm³/mol. The summed E-state index contributed by atoms with van der Waals surface area (Å²) in [6.45, 7) is 2.82. The van der Waals surface area contributed by atoms with Crippen LogP contribution in [0.2, 0.25) is 0 Å². The van der Waals surface area contributed by atoms with Crippen molar-refractivity contribution in [1.29, 1.82) is 0 Å². The fourth-order valence-corrected chi connectivity index (χ4v) is 1.03. The Bertz CT molecular complexity index is 252. The zero-order valence-electron chi connectivity index (χ0n) is 8.91. The molecule has 15 heavy (non-hydrogen) atoms. The van der Waals surface area contributed by atoms with E-state index in [4.69, 9.17) is 5.73 Å². The molecule has 0 rings (SSSR count). The van der Waals surface area contributed by atoms with E-state index in [1.807, 2.05) is 0 Å². The highest BCUT2D eigenvalue weighted by Crippen LogP contribution is 1.99. The average Bonchev–Trinajstić information content (AvgIpc) is 2.10. The van der Waals surface area contributed by atoms with Gasteiger partial charge in [0.2, 0.25) is 5.91 Å². The molecule has 0 heterocycles. The zero-order chi connectivity index (χ0) is 11.8. The van der Waals surface area contributed by atoms with Crippen molar-refractivity contribution >= 4 is 17.8 Å². The van der Waals surface area contributed by atoms with Gasteiger partial charge >= 0.3 is 11.9 Å². The van der Waals surface area contributed by atoms with Crippen LogP contribution in [0.15, 0.2) is 0 Å². The largest absolute Gasteiger partial charge is 0.392 e. The maximum Gasteiger partial charge on any atom is 0.336 e. The molecule has 0 fully saturated rings. The molecule has 0 aliphatic rings. The molecule has 1 atom stereocenters. The van der Waals surface area contributed by atoms with Gasteiger partial charge in [0.05, 0.1) is 0 Å². The van der Waals surface area contributed by atoms with E-state index in [0.29, 0.717) is 19.4 Å². The van der Waals surface area contributed by atoms with E-state index in [0.717, 1.165) is 6.92 Å². The number of ether oxygens (including phenoxy) is 1. The van der Waals surface area contributed by atoms with E-state index in [1.165, 1.54) is 6.92 Å². The van der Waals surface area contributed by atoms with Crippen LogP contribution in [-0.2, 0) is 19.1 Å². The zero-order valence-corrected chi connectivity index (χ0v) is 8.91. The summed E-state index contributed by atoms with van der Waals surface area (Å²) in [5, 5.41) is 2.40. The first-order valence-electron chi connectivity index (χ1n) is 4.66. The van der Waals surface area contributed by atoms with Gasteiger partial charge in [0, 0.05) is 13.8 Å². The predicted octanol–water partition coefficient (Wildman–Crippen LogP) is -0.680. The van der Waals surface area contributed by atoms with Crippen molar-refractivity contribution in [3.8, 4) is 0 Å². The third-order valence-electron chi connectivity index (χ3n) is 1.60. The lowest BCUT2D eigenvalue weighted by molar-refractivity contribution is -0.160. The fraction of sp³-hybridized carbons (Fsp3) is 0.667. The highest BCUT2D eigenvalue weighted by atomic mass is 16.6. The Morgan fingerprint density at radius 1 is 1.33 bits per heavy atom. The summed E-state index contributed by atoms with van der Waals surface area (Å²) in [5.74, 6) is -1.79. The Hall–Kier alpha value is -1.43. The lowest BCUT2D eigenvalue weighted by Gasteiger charge is -2.14. The van der Waals surface area contributed by atoms with Crippen molar-refractivity contribution in [2.24, 2.45) is 5.73 Å². The van der Waals surface area contributed by atoms with E-state index < -0.39 is 18.0 Å². The van der Waals surface area contributed by atoms with Crippen molar-refractivity contribution in [3.05, 3.63) is 0 Å². The molecule has 3 N–H and O–H groups in total. The van der Waals surface area contributed by atoms with E-state index in [2.05, 4.69) is 10.1 Å². The molecule has 0 bridgehead atoms. The third-order valence-corrected chi connectivity index (χ3v) is 1.60. The molecule has 6 heteroatoms. The number of carbonyl (C=O) groups excluding carboxylic acids is 3. The quantitative estimate of drug-likeness (QED) is 0.468. The van der Waals surface area contributed by atoms with Gasteiger partial charge < -0.3 is 15.8 Å². The van der Waals surface area contributed by atoms with E-state index in [-0.39, 0.29) is 5.91 Å². The van der Waals surface area contributed by atoms with E-state index in [1.54, 1.807) is 0 Å². The van der Waals surface area contributed by atoms with Crippen molar-refractivity contribution in [2.45, 2.75) is 32.7 Å². The summed E-state index contributed by atoms with van der Waals surface area (Å²) in [5.41, 5.74) is 5.28. The van der Waals surface area contributed by atoms with Gasteiger partial charge in [-0.15, -0.1) is 0 Å². The van der Waals surface area contributed by atoms with Crippen LogP contribution < -0.4 is 11.1 Å². The molecule has 0 aliphatic carbocycles. The number of rotatable bonds is 5. The minimum Gasteiger partial charge on any atom is -0.392 e. The number of esters is 2. The molecule has 0 aliphatic heterocycles. The fourth-order valence-electron chi connectivity index (χ4n) is 1.03. The molecular formula is C9H16N2O4. The van der Waals surface area contributed by atoms with Gasteiger partial charge in [0.25, 0.3) is 0 Å². The van der Waals surface area contributed by atoms with Gasteiger partial charge in [-0.2, -0.15) is 0 Å². The topological polar surface area (TPSA) is 98.5 Å². The van der Waals surface area contributed by atoms with Crippen LogP contribution in [0.1, 0.15) is 26.7 Å². The lowest BCUT2D eigenvalue weighted by atomic mass is 10.1. The molecule has 1 amide bonds. The van der Waals surface area contributed by atoms with Gasteiger partial charge in [0.1, 0.15) is 6.04 Å². The first-order valence-corrected chi connectivity index (χ1v) is 4.66.